The number of carbonyl (C=O) groups is 1. The third kappa shape index (κ3) is 3.47. The second kappa shape index (κ2) is 6.35. The Morgan fingerprint density at radius 1 is 1.38 bits per heavy atom. The highest BCUT2D eigenvalue weighted by molar-refractivity contribution is 5.76. The molecule has 1 saturated heterocycles. The van der Waals surface area contributed by atoms with Crippen molar-refractivity contribution in [2.45, 2.75) is 25.8 Å². The maximum Gasteiger partial charge on any atom is 0.220 e. The Hall–Kier alpha value is -1.75. The van der Waals surface area contributed by atoms with Gasteiger partial charge in [0, 0.05) is 6.42 Å². The highest BCUT2D eigenvalue weighted by atomic mass is 16.6. The zero-order valence-electron chi connectivity index (χ0n) is 12.4. The van der Waals surface area contributed by atoms with Crippen molar-refractivity contribution in [3.8, 4) is 11.5 Å². The number of ether oxygens (including phenoxy) is 2. The summed E-state index contributed by atoms with van der Waals surface area (Å²) in [7, 11) is 0. The maximum absolute atomic E-state index is 12.1. The quantitative estimate of drug-likeness (QED) is 0.885. The van der Waals surface area contributed by atoms with E-state index in [1.165, 1.54) is 0 Å². The van der Waals surface area contributed by atoms with Gasteiger partial charge >= 0.3 is 0 Å². The normalized spacial score (nSPS) is 21.9. The summed E-state index contributed by atoms with van der Waals surface area (Å²) in [6, 6.07) is 5.82. The fourth-order valence-electron chi connectivity index (χ4n) is 2.86. The predicted molar refractivity (Wildman–Crippen MR) is 79.6 cm³/mol. The zero-order chi connectivity index (χ0) is 14.7. The lowest BCUT2D eigenvalue weighted by Crippen LogP contribution is -2.29. The number of fused-ring (bicyclic) bond motifs is 1. The third-order valence-corrected chi connectivity index (χ3v) is 4.08. The van der Waals surface area contributed by atoms with Crippen molar-refractivity contribution in [1.82, 2.24) is 10.6 Å². The molecule has 0 aliphatic carbocycles. The van der Waals surface area contributed by atoms with Crippen molar-refractivity contribution in [2.24, 2.45) is 5.92 Å². The van der Waals surface area contributed by atoms with Crippen molar-refractivity contribution in [3.63, 3.8) is 0 Å². The van der Waals surface area contributed by atoms with E-state index in [9.17, 15) is 4.79 Å². The van der Waals surface area contributed by atoms with Gasteiger partial charge < -0.3 is 20.1 Å². The molecule has 2 aliphatic rings. The molecule has 2 heterocycles. The van der Waals surface area contributed by atoms with Crippen LogP contribution in [-0.4, -0.2) is 32.2 Å². The fourth-order valence-corrected chi connectivity index (χ4v) is 2.86. The largest absolute Gasteiger partial charge is 0.486 e. The standard InChI is InChI=1S/C16H22N2O3/c1-11(18-16(19)8-12-4-5-17-10-12)13-2-3-14-15(9-13)21-7-6-20-14/h2-3,9,11-12,17H,4-8,10H2,1H3,(H,18,19). The van der Waals surface area contributed by atoms with Gasteiger partial charge in [-0.15, -0.1) is 0 Å². The minimum atomic E-state index is -0.0253. The third-order valence-electron chi connectivity index (χ3n) is 4.08. The predicted octanol–water partition coefficient (Wildman–Crippen LogP) is 1.63. The first kappa shape index (κ1) is 14.2. The molecule has 3 rings (SSSR count). The molecule has 5 heteroatoms. The Balaban J connectivity index is 1.59. The molecular formula is C16H22N2O3. The zero-order valence-corrected chi connectivity index (χ0v) is 12.4. The fraction of sp³-hybridized carbons (Fsp3) is 0.562. The van der Waals surface area contributed by atoms with Crippen LogP contribution in [0.4, 0.5) is 0 Å². The van der Waals surface area contributed by atoms with Gasteiger partial charge in [0.15, 0.2) is 11.5 Å². The molecule has 0 aromatic heterocycles. The molecule has 21 heavy (non-hydrogen) atoms. The van der Waals surface area contributed by atoms with Crippen LogP contribution in [0, 0.1) is 5.92 Å². The monoisotopic (exact) mass is 290 g/mol. The van der Waals surface area contributed by atoms with Gasteiger partial charge in [-0.3, -0.25) is 4.79 Å². The smallest absolute Gasteiger partial charge is 0.220 e. The highest BCUT2D eigenvalue weighted by Crippen LogP contribution is 2.32. The number of hydrogen-bond acceptors (Lipinski definition) is 4. The van der Waals surface area contributed by atoms with E-state index in [-0.39, 0.29) is 11.9 Å². The molecule has 5 nitrogen and oxygen atoms in total. The first-order valence-corrected chi connectivity index (χ1v) is 7.62. The second-order valence-corrected chi connectivity index (χ2v) is 5.76. The van der Waals surface area contributed by atoms with Crippen LogP contribution in [0.15, 0.2) is 18.2 Å². The Labute approximate surface area is 125 Å². The van der Waals surface area contributed by atoms with Crippen molar-refractivity contribution in [1.29, 1.82) is 0 Å². The highest BCUT2D eigenvalue weighted by Gasteiger charge is 2.20. The average molecular weight is 290 g/mol. The van der Waals surface area contributed by atoms with Crippen LogP contribution in [0.1, 0.15) is 31.4 Å². The summed E-state index contributed by atoms with van der Waals surface area (Å²) in [5.41, 5.74) is 1.04. The Morgan fingerprint density at radius 3 is 2.95 bits per heavy atom. The first-order chi connectivity index (χ1) is 10.2. The van der Waals surface area contributed by atoms with E-state index in [1.54, 1.807) is 0 Å². The molecule has 0 radical (unpaired) electrons. The van der Waals surface area contributed by atoms with E-state index in [0.29, 0.717) is 25.6 Å². The number of carbonyl (C=O) groups excluding carboxylic acids is 1. The van der Waals surface area contributed by atoms with Gasteiger partial charge in [0.1, 0.15) is 13.2 Å². The number of amides is 1. The van der Waals surface area contributed by atoms with E-state index in [4.69, 9.17) is 9.47 Å². The Morgan fingerprint density at radius 2 is 2.19 bits per heavy atom. The van der Waals surface area contributed by atoms with Gasteiger partial charge in [0.05, 0.1) is 6.04 Å². The van der Waals surface area contributed by atoms with E-state index in [2.05, 4.69) is 10.6 Å². The first-order valence-electron chi connectivity index (χ1n) is 7.62. The van der Waals surface area contributed by atoms with E-state index in [1.807, 2.05) is 25.1 Å². The summed E-state index contributed by atoms with van der Waals surface area (Å²) < 4.78 is 11.1. The summed E-state index contributed by atoms with van der Waals surface area (Å²) >= 11 is 0. The maximum atomic E-state index is 12.1. The van der Waals surface area contributed by atoms with Crippen LogP contribution in [-0.2, 0) is 4.79 Å². The van der Waals surface area contributed by atoms with E-state index < -0.39 is 0 Å². The lowest BCUT2D eigenvalue weighted by Gasteiger charge is -2.21. The summed E-state index contributed by atoms with van der Waals surface area (Å²) in [5, 5.41) is 6.35. The van der Waals surface area contributed by atoms with Gasteiger partial charge in [-0.25, -0.2) is 0 Å². The molecule has 2 N–H and O–H groups in total. The molecular weight excluding hydrogens is 268 g/mol. The molecule has 2 atom stereocenters. The summed E-state index contributed by atoms with van der Waals surface area (Å²) in [6.45, 7) is 5.14. The molecule has 2 unspecified atom stereocenters. The Bertz CT molecular complexity index is 512. The van der Waals surface area contributed by atoms with Gasteiger partial charge in [0.2, 0.25) is 5.91 Å². The van der Waals surface area contributed by atoms with Crippen molar-refractivity contribution in [3.05, 3.63) is 23.8 Å². The van der Waals surface area contributed by atoms with Crippen LogP contribution in [0.5, 0.6) is 11.5 Å². The van der Waals surface area contributed by atoms with Crippen LogP contribution in [0.2, 0.25) is 0 Å². The van der Waals surface area contributed by atoms with Crippen LogP contribution in [0.25, 0.3) is 0 Å². The number of hydrogen-bond donors (Lipinski definition) is 2. The van der Waals surface area contributed by atoms with Gasteiger partial charge in [-0.2, -0.15) is 0 Å². The Kier molecular flexibility index (Phi) is 4.29. The SMILES string of the molecule is CC(NC(=O)CC1CCNC1)c1ccc2c(c1)OCCO2. The van der Waals surface area contributed by atoms with Gasteiger partial charge in [0.25, 0.3) is 0 Å². The minimum Gasteiger partial charge on any atom is -0.486 e. The lowest BCUT2D eigenvalue weighted by atomic mass is 10.0. The van der Waals surface area contributed by atoms with Crippen molar-refractivity contribution < 1.29 is 14.3 Å². The van der Waals surface area contributed by atoms with Crippen LogP contribution in [0.3, 0.4) is 0 Å². The number of rotatable bonds is 4. The molecule has 1 aromatic rings. The van der Waals surface area contributed by atoms with E-state index in [0.717, 1.165) is 36.6 Å². The summed E-state index contributed by atoms with van der Waals surface area (Å²) in [4.78, 5) is 12.1. The lowest BCUT2D eigenvalue weighted by molar-refractivity contribution is -0.122. The average Bonchev–Trinajstić information content (AvgIpc) is 2.99. The molecule has 0 saturated carbocycles. The van der Waals surface area contributed by atoms with Crippen LogP contribution >= 0.6 is 0 Å². The molecule has 1 amide bonds. The molecule has 1 aromatic carbocycles. The minimum absolute atomic E-state index is 0.0253. The topological polar surface area (TPSA) is 59.6 Å². The second-order valence-electron chi connectivity index (χ2n) is 5.76. The van der Waals surface area contributed by atoms with Gasteiger partial charge in [-0.05, 0) is 50.0 Å². The van der Waals surface area contributed by atoms with Crippen molar-refractivity contribution >= 4 is 5.91 Å². The molecule has 1 fully saturated rings. The molecule has 0 bridgehead atoms. The van der Waals surface area contributed by atoms with Crippen molar-refractivity contribution in [2.75, 3.05) is 26.3 Å². The molecule has 0 spiro atoms. The van der Waals surface area contributed by atoms with E-state index >= 15 is 0 Å². The van der Waals surface area contributed by atoms with Crippen LogP contribution < -0.4 is 20.1 Å². The number of nitrogens with one attached hydrogen (secondary N) is 2. The molecule has 114 valence electrons. The summed E-state index contributed by atoms with van der Waals surface area (Å²) in [5.74, 6) is 2.13. The number of benzene rings is 1. The molecule has 2 aliphatic heterocycles. The van der Waals surface area contributed by atoms with Gasteiger partial charge in [-0.1, -0.05) is 6.07 Å². The summed E-state index contributed by atoms with van der Waals surface area (Å²) in [6.07, 6.45) is 1.69.